The third kappa shape index (κ3) is 4.55. The number of hydrogen-bond acceptors (Lipinski definition) is 4. The molecular formula is C16H28N2OS. The van der Waals surface area contributed by atoms with Crippen LogP contribution in [0.3, 0.4) is 0 Å². The molecule has 1 aliphatic rings. The molecule has 3 unspecified atom stereocenters. The van der Waals surface area contributed by atoms with Gasteiger partial charge in [-0.3, -0.25) is 4.90 Å². The van der Waals surface area contributed by atoms with Crippen LogP contribution in [0.5, 0.6) is 0 Å². The van der Waals surface area contributed by atoms with Gasteiger partial charge in [0.2, 0.25) is 0 Å². The molecule has 2 rings (SSSR count). The number of nitrogens with one attached hydrogen (secondary N) is 1. The molecule has 0 amide bonds. The lowest BCUT2D eigenvalue weighted by molar-refractivity contribution is 0.0212. The van der Waals surface area contributed by atoms with E-state index < -0.39 is 0 Å². The van der Waals surface area contributed by atoms with Gasteiger partial charge in [0.25, 0.3) is 0 Å². The average Bonchev–Trinajstić information content (AvgIpc) is 3.06. The molecule has 0 saturated carbocycles. The van der Waals surface area contributed by atoms with Crippen LogP contribution < -0.4 is 5.32 Å². The summed E-state index contributed by atoms with van der Waals surface area (Å²) < 4.78 is 6.15. The molecule has 1 fully saturated rings. The fourth-order valence-corrected chi connectivity index (χ4v) is 3.51. The number of thiophene rings is 1. The van der Waals surface area contributed by atoms with E-state index in [9.17, 15) is 0 Å². The van der Waals surface area contributed by atoms with Crippen LogP contribution in [0.1, 0.15) is 44.5 Å². The number of likely N-dealkylation sites (N-methyl/N-ethyl adjacent to an activating group) is 1. The van der Waals surface area contributed by atoms with E-state index in [0.717, 1.165) is 13.1 Å². The summed E-state index contributed by atoms with van der Waals surface area (Å²) in [5.41, 5.74) is 0. The zero-order valence-electron chi connectivity index (χ0n) is 13.1. The summed E-state index contributed by atoms with van der Waals surface area (Å²) >= 11 is 1.84. The highest BCUT2D eigenvalue weighted by Gasteiger charge is 2.27. The van der Waals surface area contributed by atoms with Gasteiger partial charge in [0.05, 0.1) is 12.2 Å². The van der Waals surface area contributed by atoms with Gasteiger partial charge < -0.3 is 10.1 Å². The van der Waals surface area contributed by atoms with Crippen LogP contribution in [0.15, 0.2) is 17.5 Å². The highest BCUT2D eigenvalue weighted by molar-refractivity contribution is 7.10. The van der Waals surface area contributed by atoms with Crippen molar-refractivity contribution < 1.29 is 4.74 Å². The Morgan fingerprint density at radius 1 is 1.35 bits per heavy atom. The van der Waals surface area contributed by atoms with E-state index in [1.165, 1.54) is 17.7 Å². The summed E-state index contributed by atoms with van der Waals surface area (Å²) in [6.07, 6.45) is 3.16. The minimum Gasteiger partial charge on any atom is -0.372 e. The SMILES string of the molecule is CC(C)NCC1CCC(CN(C)C(C)c2cccs2)O1. The molecule has 0 bridgehead atoms. The first-order valence-electron chi connectivity index (χ1n) is 7.68. The molecule has 20 heavy (non-hydrogen) atoms. The fourth-order valence-electron chi connectivity index (χ4n) is 2.66. The quantitative estimate of drug-likeness (QED) is 0.835. The molecule has 1 aromatic rings. The summed E-state index contributed by atoms with van der Waals surface area (Å²) in [5, 5.41) is 5.62. The van der Waals surface area contributed by atoms with Crippen LogP contribution in [-0.2, 0) is 4.74 Å². The molecule has 2 heterocycles. The zero-order valence-corrected chi connectivity index (χ0v) is 14.0. The molecular weight excluding hydrogens is 268 g/mol. The Morgan fingerprint density at radius 2 is 2.10 bits per heavy atom. The van der Waals surface area contributed by atoms with E-state index in [1.807, 2.05) is 11.3 Å². The first kappa shape index (κ1) is 16.0. The summed E-state index contributed by atoms with van der Waals surface area (Å²) in [5.74, 6) is 0. The molecule has 1 aromatic heterocycles. The molecule has 3 atom stereocenters. The van der Waals surface area contributed by atoms with E-state index in [0.29, 0.717) is 24.3 Å². The van der Waals surface area contributed by atoms with Crippen LogP contribution in [0.25, 0.3) is 0 Å². The van der Waals surface area contributed by atoms with E-state index in [-0.39, 0.29) is 0 Å². The molecule has 1 saturated heterocycles. The van der Waals surface area contributed by atoms with Gasteiger partial charge in [-0.05, 0) is 38.3 Å². The van der Waals surface area contributed by atoms with Crippen LogP contribution >= 0.6 is 11.3 Å². The van der Waals surface area contributed by atoms with Gasteiger partial charge in [0, 0.05) is 30.1 Å². The van der Waals surface area contributed by atoms with Crippen molar-refractivity contribution >= 4 is 11.3 Å². The third-order valence-corrected chi connectivity index (χ3v) is 5.10. The van der Waals surface area contributed by atoms with E-state index in [4.69, 9.17) is 4.74 Å². The molecule has 0 spiro atoms. The van der Waals surface area contributed by atoms with E-state index >= 15 is 0 Å². The maximum absolute atomic E-state index is 6.15. The second-order valence-electron chi connectivity index (χ2n) is 6.15. The van der Waals surface area contributed by atoms with Crippen molar-refractivity contribution in [1.82, 2.24) is 10.2 Å². The standard InChI is InChI=1S/C16H28N2OS/c1-12(2)17-10-14-7-8-15(19-14)11-18(4)13(3)16-6-5-9-20-16/h5-6,9,12-15,17H,7-8,10-11H2,1-4H3. The van der Waals surface area contributed by atoms with Crippen LogP contribution in [-0.4, -0.2) is 43.3 Å². The maximum Gasteiger partial charge on any atom is 0.0707 e. The molecule has 0 radical (unpaired) electrons. The Hall–Kier alpha value is -0.420. The smallest absolute Gasteiger partial charge is 0.0707 e. The lowest BCUT2D eigenvalue weighted by atomic mass is 10.1. The van der Waals surface area contributed by atoms with Crippen LogP contribution in [0, 0.1) is 0 Å². The second-order valence-corrected chi connectivity index (χ2v) is 7.13. The lowest BCUT2D eigenvalue weighted by Gasteiger charge is -2.27. The second kappa shape index (κ2) is 7.55. The molecule has 0 aromatic carbocycles. The molecule has 114 valence electrons. The minimum atomic E-state index is 0.390. The molecule has 1 N–H and O–H groups in total. The summed E-state index contributed by atoms with van der Waals surface area (Å²) in [7, 11) is 2.20. The molecule has 1 aliphatic heterocycles. The van der Waals surface area contributed by atoms with Gasteiger partial charge in [-0.1, -0.05) is 19.9 Å². The van der Waals surface area contributed by atoms with Gasteiger partial charge in [0.1, 0.15) is 0 Å². The van der Waals surface area contributed by atoms with Gasteiger partial charge >= 0.3 is 0 Å². The highest BCUT2D eigenvalue weighted by Crippen LogP contribution is 2.26. The van der Waals surface area contributed by atoms with Crippen molar-refractivity contribution in [3.05, 3.63) is 22.4 Å². The minimum absolute atomic E-state index is 0.390. The van der Waals surface area contributed by atoms with Gasteiger partial charge in [-0.15, -0.1) is 11.3 Å². The predicted octanol–water partition coefficient (Wildman–Crippen LogP) is 3.29. The highest BCUT2D eigenvalue weighted by atomic mass is 32.1. The topological polar surface area (TPSA) is 24.5 Å². The van der Waals surface area contributed by atoms with Crippen molar-refractivity contribution in [1.29, 1.82) is 0 Å². The van der Waals surface area contributed by atoms with Crippen LogP contribution in [0.4, 0.5) is 0 Å². The number of hydrogen-bond donors (Lipinski definition) is 1. The zero-order chi connectivity index (χ0) is 14.5. The van der Waals surface area contributed by atoms with Gasteiger partial charge in [-0.25, -0.2) is 0 Å². The summed E-state index contributed by atoms with van der Waals surface area (Å²) in [4.78, 5) is 3.85. The summed E-state index contributed by atoms with van der Waals surface area (Å²) in [6.45, 7) is 8.65. The van der Waals surface area contributed by atoms with Crippen molar-refractivity contribution in [3.8, 4) is 0 Å². The van der Waals surface area contributed by atoms with Crippen molar-refractivity contribution in [3.63, 3.8) is 0 Å². The van der Waals surface area contributed by atoms with Gasteiger partial charge in [0.15, 0.2) is 0 Å². The van der Waals surface area contributed by atoms with Crippen molar-refractivity contribution in [2.75, 3.05) is 20.1 Å². The first-order chi connectivity index (χ1) is 9.56. The van der Waals surface area contributed by atoms with Gasteiger partial charge in [-0.2, -0.15) is 0 Å². The van der Waals surface area contributed by atoms with Crippen molar-refractivity contribution in [2.45, 2.75) is 57.9 Å². The first-order valence-corrected chi connectivity index (χ1v) is 8.56. The molecule has 3 nitrogen and oxygen atoms in total. The normalized spacial score (nSPS) is 24.7. The third-order valence-electron chi connectivity index (χ3n) is 4.06. The number of nitrogens with zero attached hydrogens (tertiary/aromatic N) is 1. The lowest BCUT2D eigenvalue weighted by Crippen LogP contribution is -2.34. The Labute approximate surface area is 127 Å². The van der Waals surface area contributed by atoms with E-state index in [2.05, 4.69) is 55.5 Å². The molecule has 0 aliphatic carbocycles. The Kier molecular flexibility index (Phi) is 6.02. The monoisotopic (exact) mass is 296 g/mol. The number of ether oxygens (including phenoxy) is 1. The predicted molar refractivity (Wildman–Crippen MR) is 86.4 cm³/mol. The van der Waals surface area contributed by atoms with Crippen molar-refractivity contribution in [2.24, 2.45) is 0 Å². The Balaban J connectivity index is 1.74. The fraction of sp³-hybridized carbons (Fsp3) is 0.750. The summed E-state index contributed by atoms with van der Waals surface area (Å²) in [6, 6.07) is 5.37. The average molecular weight is 296 g/mol. The Morgan fingerprint density at radius 3 is 2.75 bits per heavy atom. The van der Waals surface area contributed by atoms with E-state index in [1.54, 1.807) is 0 Å². The molecule has 4 heteroatoms. The largest absolute Gasteiger partial charge is 0.372 e. The van der Waals surface area contributed by atoms with Crippen LogP contribution in [0.2, 0.25) is 0 Å². The maximum atomic E-state index is 6.15. The number of rotatable bonds is 7. The Bertz CT molecular complexity index is 380.